The number of nitrogens with zero attached hydrogens (tertiary/aromatic N) is 2. The van der Waals surface area contributed by atoms with Gasteiger partial charge in [0, 0.05) is 25.7 Å². The van der Waals surface area contributed by atoms with Crippen LogP contribution in [0.4, 0.5) is 0 Å². The third kappa shape index (κ3) is 4.19. The molecule has 1 aliphatic carbocycles. The van der Waals surface area contributed by atoms with Gasteiger partial charge in [-0.05, 0) is 58.0 Å². The van der Waals surface area contributed by atoms with Gasteiger partial charge >= 0.3 is 0 Å². The van der Waals surface area contributed by atoms with Crippen LogP contribution in [0, 0.1) is 5.92 Å². The molecule has 4 heteroatoms. The average molecular weight is 281 g/mol. The predicted molar refractivity (Wildman–Crippen MR) is 82.7 cm³/mol. The maximum Gasteiger partial charge on any atom is 0.236 e. The number of piperidine rings is 1. The predicted octanol–water partition coefficient (Wildman–Crippen LogP) is 1.71. The maximum absolute atomic E-state index is 12.4. The number of likely N-dealkylation sites (N-methyl/N-ethyl adjacent to an activating group) is 2. The Morgan fingerprint density at radius 3 is 2.40 bits per heavy atom. The van der Waals surface area contributed by atoms with Crippen molar-refractivity contribution in [1.29, 1.82) is 0 Å². The van der Waals surface area contributed by atoms with E-state index in [-0.39, 0.29) is 5.91 Å². The second-order valence-electron chi connectivity index (χ2n) is 6.83. The molecule has 1 N–H and O–H groups in total. The molecule has 0 aromatic carbocycles. The van der Waals surface area contributed by atoms with Gasteiger partial charge in [-0.1, -0.05) is 6.92 Å². The van der Waals surface area contributed by atoms with E-state index in [0.29, 0.717) is 18.6 Å². The van der Waals surface area contributed by atoms with Crippen LogP contribution in [-0.2, 0) is 4.79 Å². The topological polar surface area (TPSA) is 35.6 Å². The number of hydrogen-bond acceptors (Lipinski definition) is 3. The van der Waals surface area contributed by atoms with Crippen LogP contribution in [0.5, 0.6) is 0 Å². The van der Waals surface area contributed by atoms with Crippen LogP contribution in [-0.4, -0.2) is 61.5 Å². The Morgan fingerprint density at radius 1 is 1.10 bits per heavy atom. The molecule has 1 saturated heterocycles. The summed E-state index contributed by atoms with van der Waals surface area (Å²) in [4.78, 5) is 16.7. The molecular weight excluding hydrogens is 250 g/mol. The maximum atomic E-state index is 12.4. The summed E-state index contributed by atoms with van der Waals surface area (Å²) in [6, 6.07) is 0.990. The van der Waals surface area contributed by atoms with E-state index in [9.17, 15) is 4.79 Å². The van der Waals surface area contributed by atoms with E-state index in [1.807, 2.05) is 11.9 Å². The second-order valence-corrected chi connectivity index (χ2v) is 6.83. The van der Waals surface area contributed by atoms with Crippen molar-refractivity contribution in [3.8, 4) is 0 Å². The Balaban J connectivity index is 1.78. The van der Waals surface area contributed by atoms with Crippen LogP contribution in [0.1, 0.15) is 45.4 Å². The molecule has 1 saturated carbocycles. The monoisotopic (exact) mass is 281 g/mol. The van der Waals surface area contributed by atoms with E-state index < -0.39 is 0 Å². The van der Waals surface area contributed by atoms with E-state index in [1.54, 1.807) is 0 Å². The fourth-order valence-electron chi connectivity index (χ4n) is 3.50. The molecule has 0 radical (unpaired) electrons. The smallest absolute Gasteiger partial charge is 0.236 e. The molecule has 1 atom stereocenters. The Kier molecular flexibility index (Phi) is 5.85. The number of rotatable bonds is 4. The van der Waals surface area contributed by atoms with Crippen LogP contribution in [0.25, 0.3) is 0 Å². The van der Waals surface area contributed by atoms with Crippen molar-refractivity contribution >= 4 is 5.91 Å². The van der Waals surface area contributed by atoms with Crippen molar-refractivity contribution in [3.63, 3.8) is 0 Å². The molecule has 0 aromatic heterocycles. The first-order chi connectivity index (χ1) is 9.58. The fraction of sp³-hybridized carbons (Fsp3) is 0.938. The number of carbonyl (C=O) groups excluding carboxylic acids is 1. The molecular formula is C16H31N3O. The molecule has 2 fully saturated rings. The van der Waals surface area contributed by atoms with Gasteiger partial charge in [0.25, 0.3) is 0 Å². The first kappa shape index (κ1) is 15.8. The minimum Gasteiger partial charge on any atom is -0.342 e. The van der Waals surface area contributed by atoms with Crippen LogP contribution in [0.2, 0.25) is 0 Å². The summed E-state index contributed by atoms with van der Waals surface area (Å²) in [5.74, 6) is 1.13. The second kappa shape index (κ2) is 7.41. The molecule has 1 unspecified atom stereocenters. The molecule has 1 heterocycles. The molecule has 1 amide bonds. The Labute approximate surface area is 123 Å². The lowest BCUT2D eigenvalue weighted by atomic mass is 9.87. The molecule has 20 heavy (non-hydrogen) atoms. The minimum absolute atomic E-state index is 0.289. The molecule has 116 valence electrons. The zero-order valence-corrected chi connectivity index (χ0v) is 13.4. The van der Waals surface area contributed by atoms with Crippen molar-refractivity contribution < 1.29 is 4.79 Å². The highest BCUT2D eigenvalue weighted by molar-refractivity contribution is 5.78. The van der Waals surface area contributed by atoms with Crippen LogP contribution in [0.3, 0.4) is 0 Å². The van der Waals surface area contributed by atoms with Gasteiger partial charge in [-0.2, -0.15) is 0 Å². The third-order valence-corrected chi connectivity index (χ3v) is 5.21. The number of amides is 1. The lowest BCUT2D eigenvalue weighted by molar-refractivity contribution is -0.134. The summed E-state index contributed by atoms with van der Waals surface area (Å²) < 4.78 is 0. The molecule has 0 spiro atoms. The van der Waals surface area contributed by atoms with Crippen molar-refractivity contribution in [2.45, 2.75) is 57.5 Å². The van der Waals surface area contributed by atoms with E-state index in [2.05, 4.69) is 24.2 Å². The number of hydrogen-bond donors (Lipinski definition) is 1. The van der Waals surface area contributed by atoms with Gasteiger partial charge in [0.15, 0.2) is 0 Å². The summed E-state index contributed by atoms with van der Waals surface area (Å²) in [5.41, 5.74) is 0. The Bertz CT molecular complexity index is 307. The van der Waals surface area contributed by atoms with Gasteiger partial charge in [-0.3, -0.25) is 9.69 Å². The molecule has 4 nitrogen and oxygen atoms in total. The molecule has 2 rings (SSSR count). The largest absolute Gasteiger partial charge is 0.342 e. The van der Waals surface area contributed by atoms with Crippen molar-refractivity contribution in [3.05, 3.63) is 0 Å². The zero-order chi connectivity index (χ0) is 14.5. The van der Waals surface area contributed by atoms with E-state index in [4.69, 9.17) is 0 Å². The summed E-state index contributed by atoms with van der Waals surface area (Å²) >= 11 is 0. The van der Waals surface area contributed by atoms with Gasteiger partial charge in [0.05, 0.1) is 6.54 Å². The number of carbonyl (C=O) groups is 1. The average Bonchev–Trinajstić information content (AvgIpc) is 2.48. The van der Waals surface area contributed by atoms with E-state index in [1.165, 1.54) is 38.5 Å². The standard InChI is InChI=1S/C16H31N3O/c1-13-6-8-14(9-7-13)19(3)16(20)12-18(2)15-5-4-10-17-11-15/h13-15,17H,4-12H2,1-3H3. The van der Waals surface area contributed by atoms with Crippen molar-refractivity contribution in [1.82, 2.24) is 15.1 Å². The quantitative estimate of drug-likeness (QED) is 0.852. The van der Waals surface area contributed by atoms with Crippen LogP contribution >= 0.6 is 0 Å². The SMILES string of the molecule is CC1CCC(N(C)C(=O)CN(C)C2CCCNC2)CC1. The fourth-order valence-corrected chi connectivity index (χ4v) is 3.50. The Morgan fingerprint density at radius 2 is 1.80 bits per heavy atom. The van der Waals surface area contributed by atoms with Crippen LogP contribution in [0.15, 0.2) is 0 Å². The van der Waals surface area contributed by atoms with Crippen LogP contribution < -0.4 is 5.32 Å². The summed E-state index contributed by atoms with van der Waals surface area (Å²) in [6.45, 7) is 5.03. The highest BCUT2D eigenvalue weighted by Crippen LogP contribution is 2.26. The molecule has 0 aromatic rings. The van der Waals surface area contributed by atoms with Gasteiger partial charge in [0.2, 0.25) is 5.91 Å². The first-order valence-electron chi connectivity index (χ1n) is 8.24. The first-order valence-corrected chi connectivity index (χ1v) is 8.24. The van der Waals surface area contributed by atoms with Gasteiger partial charge in [-0.25, -0.2) is 0 Å². The normalized spacial score (nSPS) is 31.3. The summed E-state index contributed by atoms with van der Waals surface area (Å²) in [6.07, 6.45) is 7.33. The lowest BCUT2D eigenvalue weighted by Crippen LogP contribution is -2.49. The molecule has 0 bridgehead atoms. The highest BCUT2D eigenvalue weighted by atomic mass is 16.2. The van der Waals surface area contributed by atoms with E-state index in [0.717, 1.165) is 19.0 Å². The van der Waals surface area contributed by atoms with Crippen molar-refractivity contribution in [2.24, 2.45) is 5.92 Å². The van der Waals surface area contributed by atoms with E-state index >= 15 is 0 Å². The van der Waals surface area contributed by atoms with Crippen molar-refractivity contribution in [2.75, 3.05) is 33.7 Å². The molecule has 1 aliphatic heterocycles. The summed E-state index contributed by atoms with van der Waals surface area (Å²) in [7, 11) is 4.09. The summed E-state index contributed by atoms with van der Waals surface area (Å²) in [5, 5.41) is 3.42. The molecule has 2 aliphatic rings. The van der Waals surface area contributed by atoms with Gasteiger partial charge < -0.3 is 10.2 Å². The lowest BCUT2D eigenvalue weighted by Gasteiger charge is -2.36. The Hall–Kier alpha value is -0.610. The van der Waals surface area contributed by atoms with Gasteiger partial charge in [-0.15, -0.1) is 0 Å². The zero-order valence-electron chi connectivity index (χ0n) is 13.4. The van der Waals surface area contributed by atoms with Gasteiger partial charge in [0.1, 0.15) is 0 Å². The highest BCUT2D eigenvalue weighted by Gasteiger charge is 2.26. The number of nitrogens with one attached hydrogen (secondary N) is 1. The minimum atomic E-state index is 0.289. The third-order valence-electron chi connectivity index (χ3n) is 5.21.